The summed E-state index contributed by atoms with van der Waals surface area (Å²) in [6.45, 7) is 3.97. The Kier molecular flexibility index (Phi) is 6.87. The average Bonchev–Trinajstić information content (AvgIpc) is 2.99. The third-order valence-corrected chi connectivity index (χ3v) is 5.61. The van der Waals surface area contributed by atoms with Crippen LogP contribution in [0.2, 0.25) is 0 Å². The minimum Gasteiger partial charge on any atom is -0.497 e. The van der Waals surface area contributed by atoms with Crippen LogP contribution in [-0.4, -0.2) is 29.7 Å². The second kappa shape index (κ2) is 9.35. The summed E-state index contributed by atoms with van der Waals surface area (Å²) in [5.41, 5.74) is 3.94. The Morgan fingerprint density at radius 3 is 2.29 bits per heavy atom. The molecule has 2 heterocycles. The summed E-state index contributed by atoms with van der Waals surface area (Å²) in [5.74, 6) is 1.71. The molecule has 4 rings (SSSR count). The summed E-state index contributed by atoms with van der Waals surface area (Å²) in [4.78, 5) is 2.59. The monoisotopic (exact) mass is 400 g/mol. The number of para-hydroxylation sites is 1. The van der Waals surface area contributed by atoms with E-state index in [0.717, 1.165) is 18.0 Å². The van der Waals surface area contributed by atoms with Crippen molar-refractivity contribution in [1.82, 2.24) is 9.47 Å². The zero-order valence-corrected chi connectivity index (χ0v) is 17.5. The van der Waals surface area contributed by atoms with Crippen LogP contribution in [0.4, 0.5) is 0 Å². The zero-order valence-electron chi connectivity index (χ0n) is 16.7. The highest BCUT2D eigenvalue weighted by Crippen LogP contribution is 2.29. The predicted molar refractivity (Wildman–Crippen MR) is 117 cm³/mol. The Morgan fingerprint density at radius 2 is 1.57 bits per heavy atom. The minimum atomic E-state index is 0. The number of likely N-dealkylation sites (tertiary alicyclic amines) is 1. The normalized spacial score (nSPS) is 14.6. The first-order valence-electron chi connectivity index (χ1n) is 9.80. The lowest BCUT2D eigenvalue weighted by Crippen LogP contribution is -2.29. The van der Waals surface area contributed by atoms with Gasteiger partial charge in [-0.1, -0.05) is 24.6 Å². The van der Waals surface area contributed by atoms with Gasteiger partial charge in [-0.3, -0.25) is 4.90 Å². The van der Waals surface area contributed by atoms with Crippen molar-refractivity contribution in [3.05, 3.63) is 59.8 Å². The van der Waals surface area contributed by atoms with E-state index < -0.39 is 0 Å². The molecule has 3 aromatic rings. The summed E-state index contributed by atoms with van der Waals surface area (Å²) < 4.78 is 13.7. The average molecular weight is 401 g/mol. The van der Waals surface area contributed by atoms with E-state index in [4.69, 9.17) is 9.47 Å². The molecule has 1 aliphatic heterocycles. The smallest absolute Gasteiger partial charge is 0.129 e. The van der Waals surface area contributed by atoms with Crippen molar-refractivity contribution in [2.75, 3.05) is 20.2 Å². The van der Waals surface area contributed by atoms with E-state index in [1.165, 1.54) is 54.5 Å². The number of methoxy groups -OCH3 is 1. The summed E-state index contributed by atoms with van der Waals surface area (Å²) in [5, 5.41) is 1.35. The van der Waals surface area contributed by atoms with Gasteiger partial charge in [-0.05, 0) is 61.8 Å². The summed E-state index contributed by atoms with van der Waals surface area (Å²) in [6, 6.07) is 16.5. The molecular weight excluding hydrogens is 372 g/mol. The molecule has 1 saturated heterocycles. The molecule has 28 heavy (non-hydrogen) atoms. The van der Waals surface area contributed by atoms with Gasteiger partial charge in [0.15, 0.2) is 0 Å². The number of ether oxygens (including phenoxy) is 2. The second-order valence-electron chi connectivity index (χ2n) is 7.30. The molecule has 0 aliphatic carbocycles. The SMILES string of the molecule is COc1ccc(OCc2c(CN3CCCCC3)c3ccccc3n2C)cc1.Cl. The highest BCUT2D eigenvalue weighted by Gasteiger charge is 2.19. The van der Waals surface area contributed by atoms with E-state index in [1.54, 1.807) is 7.11 Å². The Morgan fingerprint density at radius 1 is 0.893 bits per heavy atom. The number of fused-ring (bicyclic) bond motifs is 1. The maximum atomic E-state index is 6.14. The fourth-order valence-corrected chi connectivity index (χ4v) is 4.05. The molecule has 0 spiro atoms. The predicted octanol–water partition coefficient (Wildman–Crippen LogP) is 5.17. The fraction of sp³-hybridized carbons (Fsp3) is 0.391. The van der Waals surface area contributed by atoms with Crippen molar-refractivity contribution >= 4 is 23.3 Å². The number of hydrogen-bond donors (Lipinski definition) is 0. The first kappa shape index (κ1) is 20.6. The lowest BCUT2D eigenvalue weighted by molar-refractivity contribution is 0.218. The van der Waals surface area contributed by atoms with E-state index in [0.29, 0.717) is 6.61 Å². The molecule has 4 nitrogen and oxygen atoms in total. The van der Waals surface area contributed by atoms with Gasteiger partial charge in [0.25, 0.3) is 0 Å². The van der Waals surface area contributed by atoms with Crippen molar-refractivity contribution in [3.8, 4) is 11.5 Å². The van der Waals surface area contributed by atoms with Crippen molar-refractivity contribution in [2.45, 2.75) is 32.4 Å². The van der Waals surface area contributed by atoms with Gasteiger partial charge in [-0.25, -0.2) is 0 Å². The first-order valence-corrected chi connectivity index (χ1v) is 9.80. The van der Waals surface area contributed by atoms with E-state index in [9.17, 15) is 0 Å². The van der Waals surface area contributed by atoms with Crippen molar-refractivity contribution in [1.29, 1.82) is 0 Å². The lowest BCUT2D eigenvalue weighted by Gasteiger charge is -2.26. The summed E-state index contributed by atoms with van der Waals surface area (Å²) >= 11 is 0. The molecule has 1 fully saturated rings. The van der Waals surface area contributed by atoms with Crippen LogP contribution in [-0.2, 0) is 20.2 Å². The Bertz CT molecular complexity index is 899. The van der Waals surface area contributed by atoms with E-state index in [2.05, 4.69) is 40.8 Å². The summed E-state index contributed by atoms with van der Waals surface area (Å²) in [6.07, 6.45) is 3.98. The van der Waals surface area contributed by atoms with Crippen molar-refractivity contribution < 1.29 is 9.47 Å². The van der Waals surface area contributed by atoms with Gasteiger partial charge in [0.2, 0.25) is 0 Å². The number of hydrogen-bond acceptors (Lipinski definition) is 3. The fourth-order valence-electron chi connectivity index (χ4n) is 4.05. The molecule has 5 heteroatoms. The van der Waals surface area contributed by atoms with Crippen LogP contribution in [0.3, 0.4) is 0 Å². The number of aromatic nitrogens is 1. The Labute approximate surface area is 173 Å². The maximum absolute atomic E-state index is 6.14. The van der Waals surface area contributed by atoms with Crippen molar-refractivity contribution in [3.63, 3.8) is 0 Å². The quantitative estimate of drug-likeness (QED) is 0.570. The topological polar surface area (TPSA) is 26.6 Å². The van der Waals surface area contributed by atoms with Gasteiger partial charge in [-0.2, -0.15) is 0 Å². The minimum absolute atomic E-state index is 0. The van der Waals surface area contributed by atoms with Gasteiger partial charge < -0.3 is 14.0 Å². The molecule has 2 aromatic carbocycles. The highest BCUT2D eigenvalue weighted by molar-refractivity contribution is 5.85. The molecule has 150 valence electrons. The highest BCUT2D eigenvalue weighted by atomic mass is 35.5. The van der Waals surface area contributed by atoms with Crippen LogP contribution in [0.1, 0.15) is 30.5 Å². The molecule has 0 unspecified atom stereocenters. The molecule has 0 saturated carbocycles. The number of piperidine rings is 1. The maximum Gasteiger partial charge on any atom is 0.129 e. The second-order valence-corrected chi connectivity index (χ2v) is 7.30. The van der Waals surface area contributed by atoms with E-state index in [1.807, 2.05) is 24.3 Å². The first-order chi connectivity index (χ1) is 13.3. The number of nitrogens with zero attached hydrogens (tertiary/aromatic N) is 2. The Balaban J connectivity index is 0.00000225. The number of rotatable bonds is 6. The molecule has 1 aliphatic rings. The van der Waals surface area contributed by atoms with Gasteiger partial charge in [0.05, 0.1) is 12.8 Å². The van der Waals surface area contributed by atoms with Gasteiger partial charge in [0, 0.05) is 24.5 Å². The number of aryl methyl sites for hydroxylation is 1. The number of benzene rings is 2. The third kappa shape index (κ3) is 4.29. The van der Waals surface area contributed by atoms with Gasteiger partial charge >= 0.3 is 0 Å². The molecule has 0 bridgehead atoms. The Hall–Kier alpha value is -2.17. The van der Waals surface area contributed by atoms with Crippen LogP contribution in [0, 0.1) is 0 Å². The molecule has 0 N–H and O–H groups in total. The summed E-state index contributed by atoms with van der Waals surface area (Å²) in [7, 11) is 3.83. The van der Waals surface area contributed by atoms with Crippen LogP contribution < -0.4 is 9.47 Å². The van der Waals surface area contributed by atoms with Crippen LogP contribution in [0.25, 0.3) is 10.9 Å². The molecule has 1 aromatic heterocycles. The van der Waals surface area contributed by atoms with Crippen molar-refractivity contribution in [2.24, 2.45) is 7.05 Å². The van der Waals surface area contributed by atoms with Crippen LogP contribution in [0.5, 0.6) is 11.5 Å². The molecular formula is C23H29ClN2O2. The molecule has 0 atom stereocenters. The zero-order chi connectivity index (χ0) is 18.6. The molecule has 0 radical (unpaired) electrons. The molecule has 0 amide bonds. The largest absolute Gasteiger partial charge is 0.497 e. The van der Waals surface area contributed by atoms with Crippen LogP contribution in [0.15, 0.2) is 48.5 Å². The van der Waals surface area contributed by atoms with E-state index >= 15 is 0 Å². The standard InChI is InChI=1S/C23H28N2O2.ClH/c1-24-22-9-5-4-8-20(22)21(16-25-14-6-3-7-15-25)23(24)17-27-19-12-10-18(26-2)11-13-19;/h4-5,8-13H,3,6-7,14-17H2,1-2H3;1H. The number of halogens is 1. The van der Waals surface area contributed by atoms with E-state index in [-0.39, 0.29) is 12.4 Å². The third-order valence-electron chi connectivity index (χ3n) is 5.61. The van der Waals surface area contributed by atoms with Crippen LogP contribution >= 0.6 is 12.4 Å². The lowest BCUT2D eigenvalue weighted by atomic mass is 10.1. The van der Waals surface area contributed by atoms with Gasteiger partial charge in [0.1, 0.15) is 18.1 Å². The van der Waals surface area contributed by atoms with Gasteiger partial charge in [-0.15, -0.1) is 12.4 Å².